The lowest BCUT2D eigenvalue weighted by Crippen LogP contribution is -2.26. The van der Waals surface area contributed by atoms with Crippen LogP contribution in [-0.2, 0) is 16.2 Å². The van der Waals surface area contributed by atoms with Crippen LogP contribution in [0.25, 0.3) is 0 Å². The molecular formula is C60H61N12+. The van der Waals surface area contributed by atoms with E-state index in [1.807, 2.05) is 91.4 Å². The van der Waals surface area contributed by atoms with Gasteiger partial charge in [0.25, 0.3) is 0 Å². The molecule has 12 heteroatoms. The Morgan fingerprint density at radius 1 is 0.486 bits per heavy atom. The normalized spacial score (nSPS) is 17.3. The molecule has 4 heterocycles. The molecule has 0 radical (unpaired) electrons. The van der Waals surface area contributed by atoms with Crippen LogP contribution in [-0.4, -0.2) is 58.8 Å². The fourth-order valence-corrected chi connectivity index (χ4v) is 10.5. The van der Waals surface area contributed by atoms with Crippen LogP contribution in [0, 0.1) is 0 Å². The van der Waals surface area contributed by atoms with Gasteiger partial charge in [0.15, 0.2) is 5.71 Å². The van der Waals surface area contributed by atoms with Crippen molar-refractivity contribution in [3.05, 3.63) is 198 Å². The van der Waals surface area contributed by atoms with Crippen LogP contribution < -0.4 is 31.1 Å². The van der Waals surface area contributed by atoms with Crippen molar-refractivity contribution in [3.63, 3.8) is 0 Å². The number of hydrogen-bond acceptors (Lipinski definition) is 11. The summed E-state index contributed by atoms with van der Waals surface area (Å²) < 4.78 is 2.26. The van der Waals surface area contributed by atoms with Crippen molar-refractivity contribution in [2.75, 3.05) is 52.2 Å². The maximum absolute atomic E-state index is 4.86. The topological polar surface area (TPSA) is 121 Å². The van der Waals surface area contributed by atoms with Crippen LogP contribution in [0.3, 0.4) is 0 Å². The Balaban J connectivity index is 0.898. The third-order valence-electron chi connectivity index (χ3n) is 14.2. The standard InChI is InChI=1S/C60H60N12/c1-58(2)46-25-10-13-28-49(46)70(7)52(58)31-34-61-40-19-16-22-43(37-40)64-55-67-56(65-44-23-17-20-41(38-44)62-35-32-53-59(3,4)47-26-11-14-29-50(47)71(53)8)69-57(68-55)66-45-24-18-21-42(39-45)63-36-33-54-60(5,6)48-27-12-15-30-51(48)72(54)9/h10-39H,1-9H3,(H3,64,65,66,67,68,69)/p+1. The predicted octanol–water partition coefficient (Wildman–Crippen LogP) is 13.8. The van der Waals surface area contributed by atoms with E-state index in [1.165, 1.54) is 50.9 Å². The van der Waals surface area contributed by atoms with Gasteiger partial charge in [-0.05, 0) is 104 Å². The van der Waals surface area contributed by atoms with Gasteiger partial charge in [-0.2, -0.15) is 19.5 Å². The van der Waals surface area contributed by atoms with Crippen LogP contribution in [0.5, 0.6) is 0 Å². The number of aliphatic imine (C=N–C) groups is 2. The van der Waals surface area contributed by atoms with Gasteiger partial charge in [0.1, 0.15) is 7.05 Å². The summed E-state index contributed by atoms with van der Waals surface area (Å²) >= 11 is 0. The first-order valence-corrected chi connectivity index (χ1v) is 24.3. The molecule has 0 saturated heterocycles. The zero-order valence-corrected chi connectivity index (χ0v) is 42.4. The van der Waals surface area contributed by atoms with Crippen LogP contribution in [0.1, 0.15) is 58.2 Å². The summed E-state index contributed by atoms with van der Waals surface area (Å²) in [7, 11) is 6.34. The summed E-state index contributed by atoms with van der Waals surface area (Å²) in [5.74, 6) is 1.03. The summed E-state index contributed by atoms with van der Waals surface area (Å²) in [5.41, 5.74) is 15.5. The second kappa shape index (κ2) is 18.9. The maximum Gasteiger partial charge on any atom is 0.233 e. The third kappa shape index (κ3) is 9.14. The molecule has 12 nitrogen and oxygen atoms in total. The monoisotopic (exact) mass is 950 g/mol. The molecule has 0 aliphatic carbocycles. The summed E-state index contributed by atoms with van der Waals surface area (Å²) in [4.78, 5) is 28.7. The largest absolute Gasteiger partial charge is 0.361 e. The average Bonchev–Trinajstić information content (AvgIpc) is 3.78. The Hall–Kier alpha value is -8.64. The second-order valence-electron chi connectivity index (χ2n) is 20.0. The van der Waals surface area contributed by atoms with Gasteiger partial charge in [-0.1, -0.05) is 100 Å². The Morgan fingerprint density at radius 3 is 1.40 bits per heavy atom. The molecule has 0 atom stereocenters. The van der Waals surface area contributed by atoms with Crippen LogP contribution >= 0.6 is 0 Å². The molecule has 7 aromatic rings. The Kier molecular flexibility index (Phi) is 12.4. The zero-order chi connectivity index (χ0) is 50.2. The van der Waals surface area contributed by atoms with E-state index in [2.05, 4.69) is 189 Å². The van der Waals surface area contributed by atoms with Gasteiger partial charge >= 0.3 is 0 Å². The highest BCUT2D eigenvalue weighted by Gasteiger charge is 2.43. The Bertz CT molecular complexity index is 3260. The minimum atomic E-state index is -0.146. The zero-order valence-electron chi connectivity index (χ0n) is 42.4. The molecule has 1 aromatic heterocycles. The molecular weight excluding hydrogens is 889 g/mol. The Labute approximate surface area is 423 Å². The van der Waals surface area contributed by atoms with Gasteiger partial charge < -0.3 is 31.1 Å². The Morgan fingerprint density at radius 2 is 0.917 bits per heavy atom. The summed E-state index contributed by atoms with van der Waals surface area (Å²) in [5, 5.41) is 13.8. The molecule has 0 spiro atoms. The van der Waals surface area contributed by atoms with Crippen molar-refractivity contribution in [3.8, 4) is 0 Å². The number of aromatic nitrogens is 3. The number of fused-ring (bicyclic) bond motifs is 3. The van der Waals surface area contributed by atoms with Gasteiger partial charge in [0, 0.05) is 107 Å². The lowest BCUT2D eigenvalue weighted by Gasteiger charge is -2.23. The van der Waals surface area contributed by atoms with Crippen molar-refractivity contribution in [2.24, 2.45) is 9.98 Å². The third-order valence-corrected chi connectivity index (χ3v) is 14.2. The van der Waals surface area contributed by atoms with E-state index in [-0.39, 0.29) is 16.2 Å². The lowest BCUT2D eigenvalue weighted by atomic mass is 9.81. The number of rotatable bonds is 13. The maximum atomic E-state index is 4.86. The second-order valence-corrected chi connectivity index (χ2v) is 20.0. The van der Waals surface area contributed by atoms with E-state index in [0.29, 0.717) is 17.8 Å². The molecule has 4 N–H and O–H groups in total. The van der Waals surface area contributed by atoms with E-state index >= 15 is 0 Å². The number of likely N-dealkylation sites (N-methyl/N-ethyl adjacent to an activating group) is 2. The van der Waals surface area contributed by atoms with Gasteiger partial charge in [0.2, 0.25) is 23.5 Å². The highest BCUT2D eigenvalue weighted by Crippen LogP contribution is 2.48. The molecule has 0 bridgehead atoms. The van der Waals surface area contributed by atoms with E-state index in [4.69, 9.17) is 24.9 Å². The minimum Gasteiger partial charge on any atom is -0.361 e. The number of benzene rings is 6. The lowest BCUT2D eigenvalue weighted by molar-refractivity contribution is -0.401. The van der Waals surface area contributed by atoms with Crippen molar-refractivity contribution in [2.45, 2.75) is 57.8 Å². The number of allylic oxidation sites excluding steroid dienone is 5. The highest BCUT2D eigenvalue weighted by atomic mass is 15.3. The summed E-state index contributed by atoms with van der Waals surface area (Å²) in [6.45, 7) is 13.5. The summed E-state index contributed by atoms with van der Waals surface area (Å²) in [6, 6.07) is 49.5. The van der Waals surface area contributed by atoms with Crippen molar-refractivity contribution in [1.29, 1.82) is 0 Å². The molecule has 0 unspecified atom stereocenters. The molecule has 360 valence electrons. The molecule has 0 saturated carbocycles. The first-order chi connectivity index (χ1) is 34.7. The number of hydrogen-bond donors (Lipinski definition) is 4. The van der Waals surface area contributed by atoms with Crippen LogP contribution in [0.4, 0.5) is 69.0 Å². The quantitative estimate of drug-likeness (QED) is 0.0661. The van der Waals surface area contributed by atoms with E-state index < -0.39 is 0 Å². The molecule has 3 aliphatic heterocycles. The predicted molar refractivity (Wildman–Crippen MR) is 300 cm³/mol. The van der Waals surface area contributed by atoms with Crippen molar-refractivity contribution >= 4 is 87.2 Å². The smallest absolute Gasteiger partial charge is 0.233 e. The molecule has 6 aromatic carbocycles. The van der Waals surface area contributed by atoms with E-state index in [1.54, 1.807) is 0 Å². The highest BCUT2D eigenvalue weighted by molar-refractivity contribution is 6.03. The first kappa shape index (κ1) is 47.1. The molecule has 3 aliphatic rings. The molecule has 0 fully saturated rings. The molecule has 10 rings (SSSR count). The van der Waals surface area contributed by atoms with Gasteiger partial charge in [0.05, 0.1) is 16.8 Å². The number of para-hydroxylation sites is 3. The van der Waals surface area contributed by atoms with Crippen molar-refractivity contribution < 1.29 is 4.58 Å². The number of nitrogens with one attached hydrogen (secondary N) is 4. The van der Waals surface area contributed by atoms with Gasteiger partial charge in [-0.3, -0.25) is 9.98 Å². The molecule has 0 amide bonds. The van der Waals surface area contributed by atoms with Gasteiger partial charge in [-0.15, -0.1) is 0 Å². The number of nitrogens with zero attached hydrogens (tertiary/aromatic N) is 8. The minimum absolute atomic E-state index is 0.128. The SMILES string of the molecule is CN1C(=CC=Nc2cccc(Nc3nc(Nc4cccc(N=CC=C5N(C)c6ccccc6C5(C)C)c4)nc(Nc4cccc(NC=CC5=[N+](C)c6ccccc6C5(C)C)c4)n3)c2)C(C)(C)c2ccccc21. The van der Waals surface area contributed by atoms with Crippen LogP contribution in [0.2, 0.25) is 0 Å². The number of anilines is 9. The summed E-state index contributed by atoms with van der Waals surface area (Å²) in [6.07, 6.45) is 12.1. The first-order valence-electron chi connectivity index (χ1n) is 24.3. The molecule has 72 heavy (non-hydrogen) atoms. The van der Waals surface area contributed by atoms with Crippen LogP contribution in [0.15, 0.2) is 191 Å². The average molecular weight is 950 g/mol. The van der Waals surface area contributed by atoms with Crippen molar-refractivity contribution in [1.82, 2.24) is 15.0 Å². The van der Waals surface area contributed by atoms with E-state index in [9.17, 15) is 0 Å². The fraction of sp³-hybridized carbons (Fsp3) is 0.200. The van der Waals surface area contributed by atoms with Gasteiger partial charge in [-0.25, -0.2) is 0 Å². The van der Waals surface area contributed by atoms with E-state index in [0.717, 1.165) is 34.1 Å². The fourth-order valence-electron chi connectivity index (χ4n) is 10.5.